The standard InChI is InChI=1S/C24H36N6O/c1-4-25-24(30-13-10-20(18-30)21-15-27-28(2)17-21)26-16-23(29-11-5-6-12-29)19-8-7-9-22(14-19)31-3/h7-9,14-15,17,20,23H,4-6,10-13,16,18H2,1-3H3,(H,25,26). The molecule has 7 heteroatoms. The highest BCUT2D eigenvalue weighted by atomic mass is 16.5. The number of benzene rings is 1. The molecule has 0 aliphatic carbocycles. The van der Waals surface area contributed by atoms with E-state index in [0.29, 0.717) is 5.92 Å². The van der Waals surface area contributed by atoms with Crippen molar-refractivity contribution in [1.82, 2.24) is 24.9 Å². The maximum Gasteiger partial charge on any atom is 0.194 e. The highest BCUT2D eigenvalue weighted by molar-refractivity contribution is 5.80. The molecule has 3 heterocycles. The third-order valence-electron chi connectivity index (χ3n) is 6.49. The van der Waals surface area contributed by atoms with Crippen LogP contribution in [0.2, 0.25) is 0 Å². The summed E-state index contributed by atoms with van der Waals surface area (Å²) in [6.07, 6.45) is 7.82. The summed E-state index contributed by atoms with van der Waals surface area (Å²) >= 11 is 0. The summed E-state index contributed by atoms with van der Waals surface area (Å²) in [6, 6.07) is 8.76. The molecule has 2 aromatic rings. The first-order valence-electron chi connectivity index (χ1n) is 11.6. The molecule has 2 saturated heterocycles. The molecule has 4 rings (SSSR count). The van der Waals surface area contributed by atoms with Gasteiger partial charge in [0.15, 0.2) is 5.96 Å². The van der Waals surface area contributed by atoms with Crippen molar-refractivity contribution in [2.45, 2.75) is 38.1 Å². The van der Waals surface area contributed by atoms with Crippen molar-refractivity contribution < 1.29 is 4.74 Å². The van der Waals surface area contributed by atoms with Crippen LogP contribution in [0.25, 0.3) is 0 Å². The summed E-state index contributed by atoms with van der Waals surface area (Å²) in [6.45, 7) is 8.07. The Morgan fingerprint density at radius 2 is 2.13 bits per heavy atom. The van der Waals surface area contributed by atoms with Gasteiger partial charge in [0.05, 0.1) is 25.9 Å². The molecule has 31 heavy (non-hydrogen) atoms. The molecule has 2 aliphatic rings. The molecule has 2 unspecified atom stereocenters. The van der Waals surface area contributed by atoms with Crippen molar-refractivity contribution in [3.05, 3.63) is 47.8 Å². The molecular formula is C24H36N6O. The number of hydrogen-bond acceptors (Lipinski definition) is 4. The molecule has 1 aromatic heterocycles. The number of ether oxygens (including phenoxy) is 1. The van der Waals surface area contributed by atoms with Gasteiger partial charge >= 0.3 is 0 Å². The second kappa shape index (κ2) is 10.2. The molecule has 1 N–H and O–H groups in total. The number of aliphatic imine (C=N–C) groups is 1. The van der Waals surface area contributed by atoms with Gasteiger partial charge in [-0.2, -0.15) is 5.10 Å². The third-order valence-corrected chi connectivity index (χ3v) is 6.49. The molecule has 2 fully saturated rings. The van der Waals surface area contributed by atoms with Crippen molar-refractivity contribution >= 4 is 5.96 Å². The van der Waals surface area contributed by atoms with Gasteiger partial charge in [0, 0.05) is 38.8 Å². The second-order valence-corrected chi connectivity index (χ2v) is 8.61. The molecule has 0 radical (unpaired) electrons. The first-order chi connectivity index (χ1) is 15.2. The van der Waals surface area contributed by atoms with Crippen molar-refractivity contribution in [2.75, 3.05) is 46.4 Å². The lowest BCUT2D eigenvalue weighted by Crippen LogP contribution is -2.40. The molecule has 2 atom stereocenters. The summed E-state index contributed by atoms with van der Waals surface area (Å²) in [5.74, 6) is 2.46. The molecule has 168 valence electrons. The highest BCUT2D eigenvalue weighted by Crippen LogP contribution is 2.29. The van der Waals surface area contributed by atoms with Crippen LogP contribution in [0.3, 0.4) is 0 Å². The van der Waals surface area contributed by atoms with Gasteiger partial charge in [0.2, 0.25) is 0 Å². The first kappa shape index (κ1) is 21.7. The minimum Gasteiger partial charge on any atom is -0.497 e. The van der Waals surface area contributed by atoms with E-state index in [1.807, 2.05) is 24.0 Å². The van der Waals surface area contributed by atoms with Gasteiger partial charge in [-0.3, -0.25) is 14.6 Å². The van der Waals surface area contributed by atoms with Crippen LogP contribution in [0.1, 0.15) is 49.3 Å². The third kappa shape index (κ3) is 5.21. The van der Waals surface area contributed by atoms with E-state index in [9.17, 15) is 0 Å². The Bertz CT molecular complexity index is 872. The van der Waals surface area contributed by atoms with E-state index in [0.717, 1.165) is 57.4 Å². The van der Waals surface area contributed by atoms with Gasteiger partial charge in [-0.05, 0) is 62.5 Å². The van der Waals surface area contributed by atoms with Crippen molar-refractivity contribution in [1.29, 1.82) is 0 Å². The molecule has 0 bridgehead atoms. The minimum absolute atomic E-state index is 0.281. The molecule has 1 aromatic carbocycles. The predicted molar refractivity (Wildman–Crippen MR) is 125 cm³/mol. The fraction of sp³-hybridized carbons (Fsp3) is 0.583. The minimum atomic E-state index is 0.281. The van der Waals surface area contributed by atoms with Crippen LogP contribution < -0.4 is 10.1 Å². The molecular weight excluding hydrogens is 388 g/mol. The number of likely N-dealkylation sites (tertiary alicyclic amines) is 2. The summed E-state index contributed by atoms with van der Waals surface area (Å²) in [5, 5.41) is 7.89. The summed E-state index contributed by atoms with van der Waals surface area (Å²) in [4.78, 5) is 10.1. The summed E-state index contributed by atoms with van der Waals surface area (Å²) < 4.78 is 7.38. The van der Waals surface area contributed by atoms with Crippen molar-refractivity contribution in [2.24, 2.45) is 12.0 Å². The number of aryl methyl sites for hydroxylation is 1. The molecule has 0 spiro atoms. The number of rotatable bonds is 7. The second-order valence-electron chi connectivity index (χ2n) is 8.61. The summed E-state index contributed by atoms with van der Waals surface area (Å²) in [5.41, 5.74) is 2.61. The van der Waals surface area contributed by atoms with Gasteiger partial charge in [0.1, 0.15) is 5.75 Å². The quantitative estimate of drug-likeness (QED) is 0.547. The lowest BCUT2D eigenvalue weighted by Gasteiger charge is -2.28. The van der Waals surface area contributed by atoms with Crippen LogP contribution in [0, 0.1) is 0 Å². The van der Waals surface area contributed by atoms with Crippen LogP contribution in [0.15, 0.2) is 41.7 Å². The van der Waals surface area contributed by atoms with Gasteiger partial charge in [0.25, 0.3) is 0 Å². The lowest BCUT2D eigenvalue weighted by molar-refractivity contribution is 0.250. The van der Waals surface area contributed by atoms with Crippen LogP contribution in [0.4, 0.5) is 0 Å². The number of guanidine groups is 1. The van der Waals surface area contributed by atoms with Gasteiger partial charge in [-0.1, -0.05) is 12.1 Å². The zero-order chi connectivity index (χ0) is 21.6. The van der Waals surface area contributed by atoms with Crippen molar-refractivity contribution in [3.8, 4) is 5.75 Å². The first-order valence-corrected chi connectivity index (χ1v) is 11.6. The monoisotopic (exact) mass is 424 g/mol. The smallest absolute Gasteiger partial charge is 0.194 e. The number of nitrogens with one attached hydrogen (secondary N) is 1. The fourth-order valence-corrected chi connectivity index (χ4v) is 4.81. The molecule has 0 saturated carbocycles. The largest absolute Gasteiger partial charge is 0.497 e. The van der Waals surface area contributed by atoms with Crippen LogP contribution in [0.5, 0.6) is 5.75 Å². The predicted octanol–water partition coefficient (Wildman–Crippen LogP) is 3.02. The van der Waals surface area contributed by atoms with E-state index in [4.69, 9.17) is 9.73 Å². The Labute approximate surface area is 186 Å². The molecule has 0 amide bonds. The number of methoxy groups -OCH3 is 1. The number of aromatic nitrogens is 2. The fourth-order valence-electron chi connectivity index (χ4n) is 4.81. The maximum absolute atomic E-state index is 5.49. The SMILES string of the molecule is CCNC(=NCC(c1cccc(OC)c1)N1CCCC1)N1CCC(c2cnn(C)c2)C1. The van der Waals surface area contributed by atoms with Gasteiger partial charge < -0.3 is 15.0 Å². The highest BCUT2D eigenvalue weighted by Gasteiger charge is 2.28. The molecule has 2 aliphatic heterocycles. The van der Waals surface area contributed by atoms with Gasteiger partial charge in [-0.25, -0.2) is 0 Å². The Kier molecular flexibility index (Phi) is 7.12. The van der Waals surface area contributed by atoms with E-state index in [2.05, 4.69) is 51.5 Å². The lowest BCUT2D eigenvalue weighted by atomic mass is 10.0. The van der Waals surface area contributed by atoms with Crippen LogP contribution in [-0.2, 0) is 7.05 Å². The maximum atomic E-state index is 5.49. The van der Waals surface area contributed by atoms with E-state index in [-0.39, 0.29) is 6.04 Å². The number of hydrogen-bond donors (Lipinski definition) is 1. The zero-order valence-electron chi connectivity index (χ0n) is 19.1. The van der Waals surface area contributed by atoms with E-state index in [1.165, 1.54) is 24.0 Å². The Balaban J connectivity index is 1.51. The average molecular weight is 425 g/mol. The topological polar surface area (TPSA) is 57.9 Å². The van der Waals surface area contributed by atoms with Gasteiger partial charge in [-0.15, -0.1) is 0 Å². The van der Waals surface area contributed by atoms with Crippen LogP contribution >= 0.6 is 0 Å². The molecule has 7 nitrogen and oxygen atoms in total. The number of nitrogens with zero attached hydrogens (tertiary/aromatic N) is 5. The van der Waals surface area contributed by atoms with E-state index >= 15 is 0 Å². The van der Waals surface area contributed by atoms with E-state index in [1.54, 1.807) is 7.11 Å². The Hall–Kier alpha value is -2.54. The normalized spacial score (nSPS) is 20.9. The summed E-state index contributed by atoms with van der Waals surface area (Å²) in [7, 11) is 3.72. The average Bonchev–Trinajstić information content (AvgIpc) is 3.55. The van der Waals surface area contributed by atoms with Crippen molar-refractivity contribution in [3.63, 3.8) is 0 Å². The zero-order valence-corrected chi connectivity index (χ0v) is 19.1. The van der Waals surface area contributed by atoms with E-state index < -0.39 is 0 Å². The van der Waals surface area contributed by atoms with Crippen LogP contribution in [-0.4, -0.2) is 71.9 Å². The Morgan fingerprint density at radius 3 is 2.84 bits per heavy atom. The Morgan fingerprint density at radius 1 is 1.29 bits per heavy atom.